The van der Waals surface area contributed by atoms with Crippen molar-refractivity contribution in [3.8, 4) is 11.5 Å². The highest BCUT2D eigenvalue weighted by atomic mass is 16.6. The van der Waals surface area contributed by atoms with Crippen LogP contribution >= 0.6 is 0 Å². The van der Waals surface area contributed by atoms with Gasteiger partial charge < -0.3 is 14.8 Å². The Morgan fingerprint density at radius 1 is 1.12 bits per heavy atom. The minimum Gasteiger partial charge on any atom is -0.486 e. The molecule has 8 heteroatoms. The second-order valence-corrected chi connectivity index (χ2v) is 6.33. The van der Waals surface area contributed by atoms with Gasteiger partial charge in [-0.05, 0) is 24.1 Å². The van der Waals surface area contributed by atoms with Gasteiger partial charge in [-0.2, -0.15) is 15.2 Å². The van der Waals surface area contributed by atoms with Crippen LogP contribution in [0.15, 0.2) is 36.9 Å². The van der Waals surface area contributed by atoms with Gasteiger partial charge in [0.05, 0.1) is 18.3 Å². The normalized spacial score (nSPS) is 21.5. The van der Waals surface area contributed by atoms with Crippen LogP contribution in [0.2, 0.25) is 0 Å². The maximum absolute atomic E-state index is 5.72. The first-order valence-corrected chi connectivity index (χ1v) is 8.32. The van der Waals surface area contributed by atoms with E-state index in [4.69, 9.17) is 9.47 Å². The first kappa shape index (κ1) is 14.3. The van der Waals surface area contributed by atoms with E-state index >= 15 is 0 Å². The molecule has 0 amide bonds. The van der Waals surface area contributed by atoms with Crippen LogP contribution < -0.4 is 14.8 Å². The summed E-state index contributed by atoms with van der Waals surface area (Å²) in [6.07, 6.45) is 6.35. The van der Waals surface area contributed by atoms with Crippen LogP contribution in [0.3, 0.4) is 0 Å². The number of hydrogen-bond donors (Lipinski definition) is 1. The Morgan fingerprint density at radius 2 is 2.00 bits per heavy atom. The monoisotopic (exact) mass is 338 g/mol. The zero-order valence-corrected chi connectivity index (χ0v) is 13.8. The van der Waals surface area contributed by atoms with Gasteiger partial charge in [0.25, 0.3) is 0 Å². The summed E-state index contributed by atoms with van der Waals surface area (Å²) in [4.78, 5) is 4.36. The van der Waals surface area contributed by atoms with Crippen molar-refractivity contribution in [3.63, 3.8) is 0 Å². The molecule has 0 saturated heterocycles. The molecule has 0 aliphatic carbocycles. The first-order valence-electron chi connectivity index (χ1n) is 8.32. The number of nitrogens with one attached hydrogen (secondary N) is 1. The number of nitrogens with zero attached hydrogens (tertiary/aromatic N) is 5. The number of hydrogen-bond acceptors (Lipinski definition) is 6. The number of ether oxygens (including phenoxy) is 2. The van der Waals surface area contributed by atoms with Crippen molar-refractivity contribution in [3.05, 3.63) is 48.0 Å². The topological polar surface area (TPSA) is 79.0 Å². The van der Waals surface area contributed by atoms with E-state index in [0.717, 1.165) is 35.0 Å². The third-order valence-electron chi connectivity index (χ3n) is 4.71. The summed E-state index contributed by atoms with van der Waals surface area (Å²) in [7, 11) is 1.92. The fourth-order valence-corrected chi connectivity index (χ4v) is 3.50. The second-order valence-electron chi connectivity index (χ2n) is 6.33. The predicted octanol–water partition coefficient (Wildman–Crippen LogP) is 1.93. The molecule has 2 aliphatic rings. The minimum atomic E-state index is 0.0886. The van der Waals surface area contributed by atoms with Gasteiger partial charge in [-0.3, -0.25) is 4.68 Å². The summed E-state index contributed by atoms with van der Waals surface area (Å²) in [5, 5.41) is 12.2. The third kappa shape index (κ3) is 2.41. The maximum Gasteiger partial charge on any atom is 0.222 e. The number of aryl methyl sites for hydroxylation is 1. The van der Waals surface area contributed by atoms with Crippen molar-refractivity contribution in [2.45, 2.75) is 18.5 Å². The summed E-state index contributed by atoms with van der Waals surface area (Å²) in [6.45, 7) is 1.18. The Labute approximate surface area is 144 Å². The SMILES string of the molecule is Cn1cc([C@@H]2C[C@@H](c3ccc4c(c3)OCCO4)Nc3ncnn32)cn1. The second kappa shape index (κ2) is 5.51. The van der Waals surface area contributed by atoms with Crippen LogP contribution in [0.1, 0.15) is 29.6 Å². The maximum atomic E-state index is 5.72. The minimum absolute atomic E-state index is 0.0886. The Hall–Kier alpha value is -3.03. The van der Waals surface area contributed by atoms with Crippen molar-refractivity contribution in [1.82, 2.24) is 24.5 Å². The molecule has 2 aromatic heterocycles. The van der Waals surface area contributed by atoms with Crippen LogP contribution in [0.25, 0.3) is 0 Å². The van der Waals surface area contributed by atoms with Crippen LogP contribution in [0.5, 0.6) is 11.5 Å². The fourth-order valence-electron chi connectivity index (χ4n) is 3.50. The van der Waals surface area contributed by atoms with Gasteiger partial charge in [0.1, 0.15) is 19.5 Å². The van der Waals surface area contributed by atoms with Gasteiger partial charge in [-0.1, -0.05) is 6.07 Å². The zero-order valence-electron chi connectivity index (χ0n) is 13.8. The largest absolute Gasteiger partial charge is 0.486 e. The van der Waals surface area contributed by atoms with Gasteiger partial charge in [-0.25, -0.2) is 4.68 Å². The molecule has 0 unspecified atom stereocenters. The van der Waals surface area contributed by atoms with E-state index in [1.54, 1.807) is 6.33 Å². The fraction of sp³-hybridized carbons (Fsp3) is 0.353. The lowest BCUT2D eigenvalue weighted by Gasteiger charge is -2.31. The highest BCUT2D eigenvalue weighted by Crippen LogP contribution is 2.40. The number of aromatic nitrogens is 5. The summed E-state index contributed by atoms with van der Waals surface area (Å²) in [5.41, 5.74) is 2.27. The lowest BCUT2D eigenvalue weighted by Crippen LogP contribution is -2.28. The standard InChI is InChI=1S/C17H18N6O2/c1-22-9-12(8-19-22)14-7-13(21-17-18-10-20-23(14)17)11-2-3-15-16(6-11)25-5-4-24-15/h2-3,6,8-10,13-14H,4-5,7H2,1H3,(H,18,20,21)/t13-,14-/m0/s1. The van der Waals surface area contributed by atoms with Gasteiger partial charge in [0, 0.05) is 18.8 Å². The molecular weight excluding hydrogens is 320 g/mol. The van der Waals surface area contributed by atoms with E-state index in [1.807, 2.05) is 34.9 Å². The molecule has 0 spiro atoms. The predicted molar refractivity (Wildman–Crippen MR) is 89.8 cm³/mol. The molecule has 0 fully saturated rings. The average molecular weight is 338 g/mol. The molecule has 0 bridgehead atoms. The molecule has 2 atom stereocenters. The molecule has 2 aliphatic heterocycles. The van der Waals surface area contributed by atoms with Gasteiger partial charge in [0.15, 0.2) is 11.5 Å². The molecule has 8 nitrogen and oxygen atoms in total. The van der Waals surface area contributed by atoms with Crippen molar-refractivity contribution in [2.75, 3.05) is 18.5 Å². The van der Waals surface area contributed by atoms with Crippen LogP contribution in [-0.4, -0.2) is 37.8 Å². The van der Waals surface area contributed by atoms with Gasteiger partial charge in [0.2, 0.25) is 5.95 Å². The molecule has 128 valence electrons. The van der Waals surface area contributed by atoms with Crippen molar-refractivity contribution >= 4 is 5.95 Å². The molecule has 4 heterocycles. The van der Waals surface area contributed by atoms with E-state index in [1.165, 1.54) is 0 Å². The molecule has 3 aromatic rings. The zero-order chi connectivity index (χ0) is 16.8. The van der Waals surface area contributed by atoms with Crippen molar-refractivity contribution in [2.24, 2.45) is 7.05 Å². The molecule has 0 saturated carbocycles. The number of fused-ring (bicyclic) bond motifs is 2. The van der Waals surface area contributed by atoms with E-state index in [-0.39, 0.29) is 12.1 Å². The van der Waals surface area contributed by atoms with Gasteiger partial charge >= 0.3 is 0 Å². The molecule has 5 rings (SSSR count). The van der Waals surface area contributed by atoms with Crippen molar-refractivity contribution in [1.29, 1.82) is 0 Å². The number of benzene rings is 1. The molecule has 1 aromatic carbocycles. The molecule has 25 heavy (non-hydrogen) atoms. The molecular formula is C17H18N6O2. The first-order chi connectivity index (χ1) is 12.3. The molecule has 0 radical (unpaired) electrons. The lowest BCUT2D eigenvalue weighted by molar-refractivity contribution is 0.171. The molecule has 1 N–H and O–H groups in total. The quantitative estimate of drug-likeness (QED) is 0.769. The Balaban J connectivity index is 1.51. The number of anilines is 1. The summed E-state index contributed by atoms with van der Waals surface area (Å²) >= 11 is 0. The van der Waals surface area contributed by atoms with Crippen LogP contribution in [-0.2, 0) is 7.05 Å². The van der Waals surface area contributed by atoms with E-state index in [2.05, 4.69) is 32.6 Å². The Morgan fingerprint density at radius 3 is 2.84 bits per heavy atom. The smallest absolute Gasteiger partial charge is 0.222 e. The summed E-state index contributed by atoms with van der Waals surface area (Å²) < 4.78 is 15.1. The van der Waals surface area contributed by atoms with E-state index in [9.17, 15) is 0 Å². The van der Waals surface area contributed by atoms with E-state index in [0.29, 0.717) is 13.2 Å². The number of rotatable bonds is 2. The highest BCUT2D eigenvalue weighted by molar-refractivity contribution is 5.47. The summed E-state index contributed by atoms with van der Waals surface area (Å²) in [6, 6.07) is 6.31. The van der Waals surface area contributed by atoms with Crippen LogP contribution in [0.4, 0.5) is 5.95 Å². The van der Waals surface area contributed by atoms with Crippen LogP contribution in [0, 0.1) is 0 Å². The highest BCUT2D eigenvalue weighted by Gasteiger charge is 2.31. The van der Waals surface area contributed by atoms with Crippen molar-refractivity contribution < 1.29 is 9.47 Å². The average Bonchev–Trinajstić information content (AvgIpc) is 3.29. The Bertz CT molecular complexity index is 918. The summed E-state index contributed by atoms with van der Waals surface area (Å²) in [5.74, 6) is 2.37. The lowest BCUT2D eigenvalue weighted by atomic mass is 9.94. The van der Waals surface area contributed by atoms with Gasteiger partial charge in [-0.15, -0.1) is 0 Å². The third-order valence-corrected chi connectivity index (χ3v) is 4.71. The van der Waals surface area contributed by atoms with E-state index < -0.39 is 0 Å². The Kier molecular flexibility index (Phi) is 3.16.